The fourth-order valence-electron chi connectivity index (χ4n) is 2.88. The van der Waals surface area contributed by atoms with Crippen molar-refractivity contribution < 1.29 is 9.53 Å². The van der Waals surface area contributed by atoms with Crippen molar-refractivity contribution in [3.05, 3.63) is 42.7 Å². The Morgan fingerprint density at radius 2 is 2.14 bits per heavy atom. The van der Waals surface area contributed by atoms with Crippen molar-refractivity contribution in [2.75, 3.05) is 7.11 Å². The van der Waals surface area contributed by atoms with Crippen molar-refractivity contribution >= 4 is 5.91 Å². The molecule has 6 heteroatoms. The molecular formula is C16H20N4O2. The lowest BCUT2D eigenvalue weighted by atomic mass is 9.93. The zero-order valence-corrected chi connectivity index (χ0v) is 12.6. The number of imidazole rings is 1. The molecule has 3 rings (SSSR count). The Hall–Kier alpha value is -2.21. The van der Waals surface area contributed by atoms with Gasteiger partial charge in [-0.3, -0.25) is 4.79 Å². The van der Waals surface area contributed by atoms with Crippen LogP contribution in [0.1, 0.15) is 36.2 Å². The van der Waals surface area contributed by atoms with Crippen LogP contribution in [0.5, 0.6) is 0 Å². The van der Waals surface area contributed by atoms with Crippen LogP contribution in [-0.4, -0.2) is 39.7 Å². The van der Waals surface area contributed by atoms with Crippen LogP contribution in [0.3, 0.4) is 0 Å². The normalized spacial score (nSPS) is 21.5. The van der Waals surface area contributed by atoms with Crippen molar-refractivity contribution in [2.45, 2.75) is 37.8 Å². The number of rotatable bonds is 4. The van der Waals surface area contributed by atoms with E-state index in [1.807, 2.05) is 12.1 Å². The van der Waals surface area contributed by atoms with E-state index in [0.29, 0.717) is 11.8 Å². The number of amides is 1. The summed E-state index contributed by atoms with van der Waals surface area (Å²) in [6, 6.07) is 3.87. The average molecular weight is 300 g/mol. The Bertz CT molecular complexity index is 619. The fraction of sp³-hybridized carbons (Fsp3) is 0.438. The van der Waals surface area contributed by atoms with Crippen LogP contribution in [0.2, 0.25) is 0 Å². The third-order valence-corrected chi connectivity index (χ3v) is 4.13. The summed E-state index contributed by atoms with van der Waals surface area (Å²) in [5.41, 5.74) is 1.16. The van der Waals surface area contributed by atoms with Crippen LogP contribution in [-0.2, 0) is 4.74 Å². The van der Waals surface area contributed by atoms with Gasteiger partial charge in [0.25, 0.3) is 5.91 Å². The number of carbonyl (C=O) groups excluding carboxylic acids is 1. The predicted molar refractivity (Wildman–Crippen MR) is 81.9 cm³/mol. The van der Waals surface area contributed by atoms with Gasteiger partial charge in [0.05, 0.1) is 18.1 Å². The first-order valence-electron chi connectivity index (χ1n) is 7.55. The minimum absolute atomic E-state index is 0.134. The number of nitrogens with zero attached hydrogens (tertiary/aromatic N) is 3. The molecule has 6 nitrogen and oxygen atoms in total. The number of nitrogens with one attached hydrogen (secondary N) is 1. The summed E-state index contributed by atoms with van der Waals surface area (Å²) in [7, 11) is 1.74. The molecule has 2 aromatic rings. The molecular weight excluding hydrogens is 280 g/mol. The van der Waals surface area contributed by atoms with Crippen molar-refractivity contribution in [1.82, 2.24) is 19.9 Å². The highest BCUT2D eigenvalue weighted by atomic mass is 16.5. The first kappa shape index (κ1) is 14.7. The summed E-state index contributed by atoms with van der Waals surface area (Å²) in [5.74, 6) is -0.134. The number of carbonyl (C=O) groups is 1. The van der Waals surface area contributed by atoms with E-state index >= 15 is 0 Å². The number of aromatic nitrogens is 3. The smallest absolute Gasteiger partial charge is 0.272 e. The highest BCUT2D eigenvalue weighted by Crippen LogP contribution is 2.21. The molecule has 0 radical (unpaired) electrons. The Morgan fingerprint density at radius 3 is 2.82 bits per heavy atom. The topological polar surface area (TPSA) is 69.0 Å². The van der Waals surface area contributed by atoms with Gasteiger partial charge in [0.15, 0.2) is 5.69 Å². The van der Waals surface area contributed by atoms with Crippen LogP contribution >= 0.6 is 0 Å². The van der Waals surface area contributed by atoms with Crippen LogP contribution in [0.4, 0.5) is 0 Å². The number of methoxy groups -OCH3 is 1. The number of hydrogen-bond donors (Lipinski definition) is 1. The van der Waals surface area contributed by atoms with Crippen LogP contribution < -0.4 is 5.32 Å². The predicted octanol–water partition coefficient (Wildman–Crippen LogP) is 1.95. The van der Waals surface area contributed by atoms with Crippen LogP contribution in [0, 0.1) is 0 Å². The zero-order chi connectivity index (χ0) is 15.4. The first-order chi connectivity index (χ1) is 10.8. The summed E-state index contributed by atoms with van der Waals surface area (Å²) in [6.45, 7) is 0. The van der Waals surface area contributed by atoms with E-state index in [9.17, 15) is 4.79 Å². The van der Waals surface area contributed by atoms with Crippen molar-refractivity contribution in [3.63, 3.8) is 0 Å². The maximum absolute atomic E-state index is 12.5. The fourth-order valence-corrected chi connectivity index (χ4v) is 2.88. The number of ether oxygens (including phenoxy) is 1. The first-order valence-corrected chi connectivity index (χ1v) is 7.55. The summed E-state index contributed by atoms with van der Waals surface area (Å²) in [4.78, 5) is 20.8. The quantitative estimate of drug-likeness (QED) is 0.937. The molecule has 2 heterocycles. The summed E-state index contributed by atoms with van der Waals surface area (Å²) >= 11 is 0. The molecule has 1 N–H and O–H groups in total. The van der Waals surface area contributed by atoms with Gasteiger partial charge in [0, 0.05) is 31.7 Å². The SMILES string of the molecule is COC1CCC(NC(=O)c2ncccc2-n2ccnc2)CC1. The largest absolute Gasteiger partial charge is 0.381 e. The molecule has 0 saturated heterocycles. The second-order valence-corrected chi connectivity index (χ2v) is 5.52. The Morgan fingerprint density at radius 1 is 1.32 bits per heavy atom. The van der Waals surface area contributed by atoms with Gasteiger partial charge in [0.1, 0.15) is 0 Å². The third kappa shape index (κ3) is 3.17. The lowest BCUT2D eigenvalue weighted by Crippen LogP contribution is -2.39. The van der Waals surface area contributed by atoms with Crippen molar-refractivity contribution in [3.8, 4) is 5.69 Å². The molecule has 1 fully saturated rings. The monoisotopic (exact) mass is 300 g/mol. The highest BCUT2D eigenvalue weighted by Gasteiger charge is 2.24. The van der Waals surface area contributed by atoms with Gasteiger partial charge in [0.2, 0.25) is 0 Å². The highest BCUT2D eigenvalue weighted by molar-refractivity contribution is 5.95. The van der Waals surface area contributed by atoms with Gasteiger partial charge in [-0.1, -0.05) is 0 Å². The van der Waals surface area contributed by atoms with Crippen molar-refractivity contribution in [2.24, 2.45) is 0 Å². The van der Waals surface area contributed by atoms with Gasteiger partial charge in [-0.2, -0.15) is 0 Å². The molecule has 0 aliphatic heterocycles. The van der Waals surface area contributed by atoms with Gasteiger partial charge in [-0.05, 0) is 37.8 Å². The Kier molecular flexibility index (Phi) is 4.48. The molecule has 1 amide bonds. The van der Waals surface area contributed by atoms with Crippen molar-refractivity contribution in [1.29, 1.82) is 0 Å². The maximum atomic E-state index is 12.5. The summed E-state index contributed by atoms with van der Waals surface area (Å²) in [6.07, 6.45) is 11.0. The van der Waals surface area contributed by atoms with E-state index in [1.165, 1.54) is 0 Å². The van der Waals surface area contributed by atoms with E-state index in [-0.39, 0.29) is 11.9 Å². The lowest BCUT2D eigenvalue weighted by molar-refractivity contribution is 0.0598. The Labute approximate surface area is 129 Å². The molecule has 0 spiro atoms. The van der Waals surface area contributed by atoms with Gasteiger partial charge in [-0.25, -0.2) is 9.97 Å². The van der Waals surface area contributed by atoms with Gasteiger partial charge in [-0.15, -0.1) is 0 Å². The molecule has 0 aromatic carbocycles. The van der Waals surface area contributed by atoms with E-state index < -0.39 is 0 Å². The second-order valence-electron chi connectivity index (χ2n) is 5.52. The molecule has 0 bridgehead atoms. The molecule has 1 aliphatic rings. The van der Waals surface area contributed by atoms with E-state index in [2.05, 4.69) is 15.3 Å². The molecule has 0 atom stereocenters. The number of hydrogen-bond acceptors (Lipinski definition) is 4. The molecule has 2 aromatic heterocycles. The zero-order valence-electron chi connectivity index (χ0n) is 12.6. The van der Waals surface area contributed by atoms with Crippen LogP contribution in [0.15, 0.2) is 37.1 Å². The maximum Gasteiger partial charge on any atom is 0.272 e. The second kappa shape index (κ2) is 6.70. The number of pyridine rings is 1. The molecule has 1 saturated carbocycles. The van der Waals surface area contributed by atoms with Gasteiger partial charge < -0.3 is 14.6 Å². The van der Waals surface area contributed by atoms with E-state index in [1.54, 1.807) is 36.6 Å². The van der Waals surface area contributed by atoms with Crippen LogP contribution in [0.25, 0.3) is 5.69 Å². The molecule has 0 unspecified atom stereocenters. The summed E-state index contributed by atoms with van der Waals surface area (Å²) in [5, 5.41) is 3.09. The summed E-state index contributed by atoms with van der Waals surface area (Å²) < 4.78 is 7.16. The lowest BCUT2D eigenvalue weighted by Gasteiger charge is -2.28. The van der Waals surface area contributed by atoms with Gasteiger partial charge >= 0.3 is 0 Å². The van der Waals surface area contributed by atoms with E-state index in [0.717, 1.165) is 31.4 Å². The molecule has 1 aliphatic carbocycles. The minimum atomic E-state index is -0.134. The molecule has 22 heavy (non-hydrogen) atoms. The average Bonchev–Trinajstić information content (AvgIpc) is 3.10. The third-order valence-electron chi connectivity index (χ3n) is 4.13. The minimum Gasteiger partial charge on any atom is -0.381 e. The Balaban J connectivity index is 1.71. The standard InChI is InChI=1S/C16H20N4O2/c1-22-13-6-4-12(5-7-13)19-16(21)15-14(3-2-8-18-15)20-10-9-17-11-20/h2-3,8-13H,4-7H2,1H3,(H,19,21). The van der Waals surface area contributed by atoms with E-state index in [4.69, 9.17) is 4.74 Å². The molecule has 116 valence electrons.